The third-order valence-corrected chi connectivity index (χ3v) is 5.01. The van der Waals surface area contributed by atoms with Crippen molar-refractivity contribution in [1.82, 2.24) is 14.5 Å². The molecule has 0 bridgehead atoms. The van der Waals surface area contributed by atoms with Crippen molar-refractivity contribution in [2.75, 3.05) is 18.9 Å². The summed E-state index contributed by atoms with van der Waals surface area (Å²) in [6, 6.07) is 12.6. The molecule has 1 N–H and O–H groups in total. The van der Waals surface area contributed by atoms with E-state index in [1.54, 1.807) is 25.2 Å². The average molecular weight is 419 g/mol. The highest BCUT2D eigenvalue weighted by Gasteiger charge is 2.18. The van der Waals surface area contributed by atoms with E-state index >= 15 is 0 Å². The summed E-state index contributed by atoms with van der Waals surface area (Å²) in [5, 5.41) is 3.34. The highest BCUT2D eigenvalue weighted by molar-refractivity contribution is 6.39. The van der Waals surface area contributed by atoms with Gasteiger partial charge < -0.3 is 14.8 Å². The molecule has 1 heterocycles. The summed E-state index contributed by atoms with van der Waals surface area (Å²) in [6.07, 6.45) is 0.706. The molecule has 3 aromatic rings. The van der Waals surface area contributed by atoms with Crippen molar-refractivity contribution in [2.45, 2.75) is 19.9 Å². The molecule has 2 amide bonds. The zero-order chi connectivity index (χ0) is 20.3. The number of anilines is 1. The van der Waals surface area contributed by atoms with Gasteiger partial charge in [-0.1, -0.05) is 48.3 Å². The van der Waals surface area contributed by atoms with Crippen molar-refractivity contribution in [2.24, 2.45) is 0 Å². The molecule has 0 saturated heterocycles. The lowest BCUT2D eigenvalue weighted by Gasteiger charge is -2.18. The van der Waals surface area contributed by atoms with E-state index in [-0.39, 0.29) is 24.9 Å². The Labute approximate surface area is 173 Å². The van der Waals surface area contributed by atoms with E-state index < -0.39 is 0 Å². The standard InChI is InChI=1S/C20H20Cl2N4O2/c1-3-17-23-15-9-4-5-10-16(15)26(17)12-19(28)25(2)11-18(27)24-20-13(21)7-6-8-14(20)22/h4-10H,3,11-12H2,1-2H3,(H,24,27). The van der Waals surface area contributed by atoms with E-state index in [2.05, 4.69) is 10.3 Å². The van der Waals surface area contributed by atoms with Crippen LogP contribution in [0.3, 0.4) is 0 Å². The molecule has 1 aromatic heterocycles. The molecular formula is C20H20Cl2N4O2. The van der Waals surface area contributed by atoms with Gasteiger partial charge >= 0.3 is 0 Å². The van der Waals surface area contributed by atoms with Gasteiger partial charge in [0, 0.05) is 13.5 Å². The molecule has 0 aliphatic rings. The van der Waals surface area contributed by atoms with Crippen molar-refractivity contribution in [3.63, 3.8) is 0 Å². The summed E-state index contributed by atoms with van der Waals surface area (Å²) >= 11 is 12.1. The van der Waals surface area contributed by atoms with Crippen molar-refractivity contribution in [1.29, 1.82) is 0 Å². The third-order valence-electron chi connectivity index (χ3n) is 4.38. The van der Waals surface area contributed by atoms with E-state index in [0.29, 0.717) is 22.2 Å². The van der Waals surface area contributed by atoms with Crippen LogP contribution in [0, 0.1) is 0 Å². The van der Waals surface area contributed by atoms with Gasteiger partial charge in [-0.3, -0.25) is 9.59 Å². The van der Waals surface area contributed by atoms with Crippen molar-refractivity contribution in [3.8, 4) is 0 Å². The molecule has 0 spiro atoms. The molecule has 0 unspecified atom stereocenters. The molecule has 146 valence electrons. The molecule has 0 aliphatic carbocycles. The first-order valence-electron chi connectivity index (χ1n) is 8.82. The highest BCUT2D eigenvalue weighted by atomic mass is 35.5. The second kappa shape index (κ2) is 8.63. The predicted octanol–water partition coefficient (Wildman–Crippen LogP) is 4.00. The first-order valence-corrected chi connectivity index (χ1v) is 9.58. The Bertz CT molecular complexity index is 1010. The van der Waals surface area contributed by atoms with Crippen molar-refractivity contribution in [3.05, 3.63) is 58.3 Å². The molecule has 0 radical (unpaired) electrons. The predicted molar refractivity (Wildman–Crippen MR) is 112 cm³/mol. The Balaban J connectivity index is 1.69. The highest BCUT2D eigenvalue weighted by Crippen LogP contribution is 2.29. The molecule has 0 atom stereocenters. The molecule has 0 aliphatic heterocycles. The van der Waals surface area contributed by atoms with Crippen LogP contribution < -0.4 is 5.32 Å². The SMILES string of the molecule is CCc1nc2ccccc2n1CC(=O)N(C)CC(=O)Nc1c(Cl)cccc1Cl. The number of amides is 2. The molecule has 0 saturated carbocycles. The molecule has 3 rings (SSSR count). The molecule has 28 heavy (non-hydrogen) atoms. The maximum Gasteiger partial charge on any atom is 0.244 e. The number of likely N-dealkylation sites (N-methyl/N-ethyl adjacent to an activating group) is 1. The largest absolute Gasteiger partial charge is 0.335 e. The van der Waals surface area contributed by atoms with Gasteiger partial charge in [0.2, 0.25) is 11.8 Å². The number of benzene rings is 2. The lowest BCUT2D eigenvalue weighted by Crippen LogP contribution is -2.37. The van der Waals surface area contributed by atoms with Crippen LogP contribution in [0.25, 0.3) is 11.0 Å². The number of carbonyl (C=O) groups excluding carboxylic acids is 2. The van der Waals surface area contributed by atoms with E-state index in [4.69, 9.17) is 23.2 Å². The van der Waals surface area contributed by atoms with Crippen LogP contribution in [0.2, 0.25) is 10.0 Å². The number of imidazole rings is 1. The number of hydrogen-bond donors (Lipinski definition) is 1. The third kappa shape index (κ3) is 4.29. The number of para-hydroxylation sites is 3. The van der Waals surface area contributed by atoms with Crippen LogP contribution in [-0.2, 0) is 22.6 Å². The van der Waals surface area contributed by atoms with Crippen LogP contribution in [0.15, 0.2) is 42.5 Å². The van der Waals surface area contributed by atoms with Gasteiger partial charge in [0.15, 0.2) is 0 Å². The number of aromatic nitrogens is 2. The first kappa shape index (κ1) is 20.2. The Morgan fingerprint density at radius 3 is 2.46 bits per heavy atom. The van der Waals surface area contributed by atoms with Gasteiger partial charge in [0.1, 0.15) is 12.4 Å². The van der Waals surface area contributed by atoms with Crippen molar-refractivity contribution < 1.29 is 9.59 Å². The van der Waals surface area contributed by atoms with Gasteiger partial charge in [-0.05, 0) is 24.3 Å². The number of carbonyl (C=O) groups is 2. The lowest BCUT2D eigenvalue weighted by molar-refractivity contribution is -0.133. The Morgan fingerprint density at radius 2 is 1.79 bits per heavy atom. The van der Waals surface area contributed by atoms with Crippen LogP contribution in [0.1, 0.15) is 12.7 Å². The number of hydrogen-bond acceptors (Lipinski definition) is 3. The van der Waals surface area contributed by atoms with Crippen LogP contribution in [-0.4, -0.2) is 39.9 Å². The second-order valence-corrected chi connectivity index (χ2v) is 7.17. The summed E-state index contributed by atoms with van der Waals surface area (Å²) < 4.78 is 1.89. The molecule has 2 aromatic carbocycles. The number of fused-ring (bicyclic) bond motifs is 1. The summed E-state index contributed by atoms with van der Waals surface area (Å²) in [4.78, 5) is 31.0. The summed E-state index contributed by atoms with van der Waals surface area (Å²) in [5.41, 5.74) is 2.08. The normalized spacial score (nSPS) is 10.9. The first-order chi connectivity index (χ1) is 13.4. The quantitative estimate of drug-likeness (QED) is 0.657. The number of aryl methyl sites for hydroxylation is 1. The van der Waals surface area contributed by atoms with E-state index in [9.17, 15) is 9.59 Å². The van der Waals surface area contributed by atoms with Gasteiger partial charge in [-0.2, -0.15) is 0 Å². The minimum atomic E-state index is -0.378. The van der Waals surface area contributed by atoms with E-state index in [1.165, 1.54) is 4.90 Å². The van der Waals surface area contributed by atoms with Gasteiger partial charge in [0.25, 0.3) is 0 Å². The molecule has 8 heteroatoms. The van der Waals surface area contributed by atoms with E-state index in [0.717, 1.165) is 16.9 Å². The minimum Gasteiger partial charge on any atom is -0.335 e. The van der Waals surface area contributed by atoms with Crippen molar-refractivity contribution >= 4 is 51.7 Å². The number of rotatable bonds is 6. The number of nitrogens with zero attached hydrogens (tertiary/aromatic N) is 3. The number of nitrogens with one attached hydrogen (secondary N) is 1. The fourth-order valence-corrected chi connectivity index (χ4v) is 3.42. The zero-order valence-electron chi connectivity index (χ0n) is 15.6. The summed E-state index contributed by atoms with van der Waals surface area (Å²) in [7, 11) is 1.58. The number of halogens is 2. The smallest absolute Gasteiger partial charge is 0.244 e. The maximum absolute atomic E-state index is 12.7. The second-order valence-electron chi connectivity index (χ2n) is 6.35. The maximum atomic E-state index is 12.7. The van der Waals surface area contributed by atoms with Crippen LogP contribution in [0.5, 0.6) is 0 Å². The van der Waals surface area contributed by atoms with Crippen LogP contribution >= 0.6 is 23.2 Å². The summed E-state index contributed by atoms with van der Waals surface area (Å²) in [6.45, 7) is 1.99. The molecular weight excluding hydrogens is 399 g/mol. The minimum absolute atomic E-state index is 0.111. The fourth-order valence-electron chi connectivity index (χ4n) is 2.93. The van der Waals surface area contributed by atoms with Gasteiger partial charge in [-0.25, -0.2) is 4.98 Å². The Hall–Kier alpha value is -2.57. The molecule has 0 fully saturated rings. The van der Waals surface area contributed by atoms with Crippen LogP contribution in [0.4, 0.5) is 5.69 Å². The Kier molecular flexibility index (Phi) is 6.21. The lowest BCUT2D eigenvalue weighted by atomic mass is 10.3. The van der Waals surface area contributed by atoms with Gasteiger partial charge in [0.05, 0.1) is 33.3 Å². The Morgan fingerprint density at radius 1 is 1.11 bits per heavy atom. The molecule has 6 nitrogen and oxygen atoms in total. The topological polar surface area (TPSA) is 67.2 Å². The van der Waals surface area contributed by atoms with E-state index in [1.807, 2.05) is 35.8 Å². The monoisotopic (exact) mass is 418 g/mol. The van der Waals surface area contributed by atoms with Gasteiger partial charge in [-0.15, -0.1) is 0 Å². The zero-order valence-corrected chi connectivity index (χ0v) is 17.1. The fraction of sp³-hybridized carbons (Fsp3) is 0.250. The average Bonchev–Trinajstić information content (AvgIpc) is 3.02. The summed E-state index contributed by atoms with van der Waals surface area (Å²) in [5.74, 6) is 0.255.